The topological polar surface area (TPSA) is 109 Å². The third-order valence-corrected chi connectivity index (χ3v) is 7.65. The summed E-state index contributed by atoms with van der Waals surface area (Å²) in [5.74, 6) is 0.271. The molecule has 0 aliphatic carbocycles. The number of phenolic OH excluding ortho intramolecular Hbond substituents is 1. The highest BCUT2D eigenvalue weighted by atomic mass is 79.9. The SMILES string of the molecule is CCCC1=C(C(=O)OCC)[C@H](c2cc(Br)ccc2OC)n2c(s/c(=C/c3cc(OC)c(O)c(OC)c3)c2=O)=N1. The van der Waals surface area contributed by atoms with Gasteiger partial charge in [0, 0.05) is 10.0 Å². The average molecular weight is 618 g/mol. The summed E-state index contributed by atoms with van der Waals surface area (Å²) in [7, 11) is 4.41. The number of carbonyl (C=O) groups is 1. The molecular formula is C28H29BrN2O7S. The van der Waals surface area contributed by atoms with E-state index in [0.717, 1.165) is 10.9 Å². The number of rotatable bonds is 9. The van der Waals surface area contributed by atoms with Gasteiger partial charge in [-0.05, 0) is 55.3 Å². The zero-order valence-corrected chi connectivity index (χ0v) is 24.6. The van der Waals surface area contributed by atoms with Crippen LogP contribution in [0.2, 0.25) is 0 Å². The lowest BCUT2D eigenvalue weighted by Gasteiger charge is -2.27. The predicted molar refractivity (Wildman–Crippen MR) is 152 cm³/mol. The van der Waals surface area contributed by atoms with E-state index in [4.69, 9.17) is 23.9 Å². The number of aromatic nitrogens is 1. The van der Waals surface area contributed by atoms with Crippen molar-refractivity contribution in [2.75, 3.05) is 27.9 Å². The van der Waals surface area contributed by atoms with Gasteiger partial charge in [0.15, 0.2) is 16.3 Å². The van der Waals surface area contributed by atoms with Crippen LogP contribution in [0.1, 0.15) is 43.9 Å². The van der Waals surface area contributed by atoms with Crippen LogP contribution in [0.15, 0.2) is 55.9 Å². The van der Waals surface area contributed by atoms with Gasteiger partial charge in [0.1, 0.15) is 11.8 Å². The van der Waals surface area contributed by atoms with Crippen molar-refractivity contribution in [2.45, 2.75) is 32.7 Å². The number of methoxy groups -OCH3 is 3. The molecule has 0 unspecified atom stereocenters. The minimum atomic E-state index is -0.819. The molecule has 0 radical (unpaired) electrons. The number of carbonyl (C=O) groups excluding carboxylic acids is 1. The molecule has 9 nitrogen and oxygen atoms in total. The van der Waals surface area contributed by atoms with Gasteiger partial charge in [-0.25, -0.2) is 9.79 Å². The summed E-state index contributed by atoms with van der Waals surface area (Å²) < 4.78 is 24.3. The zero-order chi connectivity index (χ0) is 28.3. The number of aromatic hydroxyl groups is 1. The van der Waals surface area contributed by atoms with Gasteiger partial charge in [-0.2, -0.15) is 0 Å². The summed E-state index contributed by atoms with van der Waals surface area (Å²) in [4.78, 5) is 32.6. The molecular weight excluding hydrogens is 588 g/mol. The van der Waals surface area contributed by atoms with E-state index < -0.39 is 12.0 Å². The Morgan fingerprint density at radius 2 is 1.77 bits per heavy atom. The smallest absolute Gasteiger partial charge is 0.338 e. The lowest BCUT2D eigenvalue weighted by Crippen LogP contribution is -2.40. The van der Waals surface area contributed by atoms with Gasteiger partial charge in [-0.1, -0.05) is 40.6 Å². The Hall–Kier alpha value is -3.57. The summed E-state index contributed by atoms with van der Waals surface area (Å²) in [6.07, 6.45) is 2.95. The molecule has 1 aliphatic heterocycles. The van der Waals surface area contributed by atoms with E-state index in [2.05, 4.69) is 15.9 Å². The second-order valence-electron chi connectivity index (χ2n) is 8.57. The molecule has 39 heavy (non-hydrogen) atoms. The van der Waals surface area contributed by atoms with Crippen LogP contribution >= 0.6 is 27.3 Å². The van der Waals surface area contributed by atoms with Gasteiger partial charge >= 0.3 is 5.97 Å². The lowest BCUT2D eigenvalue weighted by atomic mass is 9.93. The van der Waals surface area contributed by atoms with Crippen LogP contribution in [0.5, 0.6) is 23.0 Å². The number of ether oxygens (including phenoxy) is 4. The standard InChI is InChI=1S/C28H29BrN2O7S/c1-6-8-18-23(27(34)38-7-2)24(17-14-16(29)9-10-19(17)35-3)31-26(33)22(39-28(31)30-18)13-15-11-20(36-4)25(32)21(12-15)37-5/h9-14,24,32H,6-8H2,1-5H3/b22-13+/t24-/m0/s1. The van der Waals surface area contributed by atoms with Gasteiger partial charge in [0.25, 0.3) is 5.56 Å². The third-order valence-electron chi connectivity index (χ3n) is 6.18. The number of fused-ring (bicyclic) bond motifs is 1. The second kappa shape index (κ2) is 12.1. The molecule has 1 aliphatic rings. The molecule has 0 amide bonds. The quantitative estimate of drug-likeness (QED) is 0.361. The molecule has 0 saturated carbocycles. The van der Waals surface area contributed by atoms with E-state index in [-0.39, 0.29) is 29.4 Å². The van der Waals surface area contributed by atoms with Crippen LogP contribution < -0.4 is 29.1 Å². The maximum atomic E-state index is 14.0. The molecule has 206 valence electrons. The van der Waals surface area contributed by atoms with E-state index in [1.165, 1.54) is 30.1 Å². The number of allylic oxidation sites excluding steroid dienone is 1. The number of hydrogen-bond donors (Lipinski definition) is 1. The highest BCUT2D eigenvalue weighted by molar-refractivity contribution is 9.10. The Balaban J connectivity index is 2.05. The van der Waals surface area contributed by atoms with Crippen molar-refractivity contribution < 1.29 is 28.8 Å². The van der Waals surface area contributed by atoms with Crippen molar-refractivity contribution in [3.63, 3.8) is 0 Å². The summed E-state index contributed by atoms with van der Waals surface area (Å²) in [6, 6.07) is 7.85. The van der Waals surface area contributed by atoms with Crippen LogP contribution in [0, 0.1) is 0 Å². The minimum absolute atomic E-state index is 0.136. The van der Waals surface area contributed by atoms with E-state index in [1.807, 2.05) is 19.1 Å². The number of halogens is 1. The highest BCUT2D eigenvalue weighted by Gasteiger charge is 2.36. The Morgan fingerprint density at radius 1 is 1.10 bits per heavy atom. The van der Waals surface area contributed by atoms with Crippen molar-refractivity contribution in [1.29, 1.82) is 0 Å². The van der Waals surface area contributed by atoms with Gasteiger partial charge in [-0.15, -0.1) is 0 Å². The molecule has 0 bridgehead atoms. The lowest BCUT2D eigenvalue weighted by molar-refractivity contribution is -0.139. The number of benzene rings is 2. The van der Waals surface area contributed by atoms with Crippen molar-refractivity contribution in [3.8, 4) is 23.0 Å². The molecule has 3 aromatic rings. The Kier molecular flexibility index (Phi) is 8.81. The Bertz CT molecular complexity index is 1600. The second-order valence-corrected chi connectivity index (χ2v) is 10.5. The molecule has 1 aromatic heterocycles. The number of esters is 1. The maximum absolute atomic E-state index is 14.0. The van der Waals surface area contributed by atoms with Crippen LogP contribution in [0.25, 0.3) is 6.08 Å². The fraction of sp³-hybridized carbons (Fsp3) is 0.321. The maximum Gasteiger partial charge on any atom is 0.338 e. The first-order chi connectivity index (χ1) is 18.8. The molecule has 11 heteroatoms. The molecule has 2 heterocycles. The average Bonchev–Trinajstić information content (AvgIpc) is 3.23. The summed E-state index contributed by atoms with van der Waals surface area (Å²) in [5.41, 5.74) is 1.75. The van der Waals surface area contributed by atoms with Crippen LogP contribution in [-0.2, 0) is 9.53 Å². The summed E-state index contributed by atoms with van der Waals surface area (Å²) in [6.45, 7) is 3.92. The summed E-state index contributed by atoms with van der Waals surface area (Å²) >= 11 is 4.73. The molecule has 1 atom stereocenters. The summed E-state index contributed by atoms with van der Waals surface area (Å²) in [5, 5.41) is 10.3. The van der Waals surface area contributed by atoms with Gasteiger partial charge in [0.05, 0.1) is 43.7 Å². The van der Waals surface area contributed by atoms with E-state index in [9.17, 15) is 14.7 Å². The van der Waals surface area contributed by atoms with Crippen LogP contribution in [0.4, 0.5) is 0 Å². The molecule has 1 N–H and O–H groups in total. The van der Waals surface area contributed by atoms with Crippen molar-refractivity contribution in [3.05, 3.63) is 76.9 Å². The molecule has 2 aromatic carbocycles. The monoisotopic (exact) mass is 616 g/mol. The number of phenols is 1. The zero-order valence-electron chi connectivity index (χ0n) is 22.2. The largest absolute Gasteiger partial charge is 0.502 e. The van der Waals surface area contributed by atoms with Crippen molar-refractivity contribution in [2.24, 2.45) is 4.99 Å². The Morgan fingerprint density at radius 3 is 2.36 bits per heavy atom. The first kappa shape index (κ1) is 28.4. The van der Waals surface area contributed by atoms with E-state index in [1.54, 1.807) is 38.3 Å². The Labute approximate surface area is 237 Å². The highest BCUT2D eigenvalue weighted by Crippen LogP contribution is 2.39. The van der Waals surface area contributed by atoms with Crippen LogP contribution in [0.3, 0.4) is 0 Å². The van der Waals surface area contributed by atoms with Crippen molar-refractivity contribution in [1.82, 2.24) is 4.57 Å². The normalized spacial score (nSPS) is 15.0. The van der Waals surface area contributed by atoms with Gasteiger partial charge in [-0.3, -0.25) is 9.36 Å². The predicted octanol–water partition coefficient (Wildman–Crippen LogP) is 4.07. The number of thiazole rings is 1. The van der Waals surface area contributed by atoms with Gasteiger partial charge in [0.2, 0.25) is 5.75 Å². The van der Waals surface area contributed by atoms with E-state index >= 15 is 0 Å². The van der Waals surface area contributed by atoms with E-state index in [0.29, 0.717) is 43.9 Å². The molecule has 4 rings (SSSR count). The van der Waals surface area contributed by atoms with Crippen LogP contribution in [-0.4, -0.2) is 43.6 Å². The molecule has 0 fully saturated rings. The minimum Gasteiger partial charge on any atom is -0.502 e. The fourth-order valence-corrected chi connectivity index (χ4v) is 5.88. The fourth-order valence-electron chi connectivity index (χ4n) is 4.48. The molecule has 0 spiro atoms. The number of hydrogen-bond acceptors (Lipinski definition) is 9. The first-order valence-electron chi connectivity index (χ1n) is 12.3. The first-order valence-corrected chi connectivity index (χ1v) is 13.9. The van der Waals surface area contributed by atoms with Gasteiger partial charge < -0.3 is 24.1 Å². The number of nitrogens with zero attached hydrogens (tertiary/aromatic N) is 2. The molecule has 0 saturated heterocycles. The third kappa shape index (κ3) is 5.46. The van der Waals surface area contributed by atoms with Crippen molar-refractivity contribution >= 4 is 39.3 Å².